The van der Waals surface area contributed by atoms with Crippen LogP contribution in [0.5, 0.6) is 0 Å². The van der Waals surface area contributed by atoms with Crippen molar-refractivity contribution in [3.63, 3.8) is 0 Å². The summed E-state index contributed by atoms with van der Waals surface area (Å²) in [4.78, 5) is 0. The van der Waals surface area contributed by atoms with Crippen LogP contribution in [0.2, 0.25) is 0 Å². The molecule has 0 bridgehead atoms. The van der Waals surface area contributed by atoms with E-state index in [1.54, 1.807) is 0 Å². The first-order chi connectivity index (χ1) is 12.8. The molecule has 126 valence electrons. The molecule has 0 heteroatoms. The van der Waals surface area contributed by atoms with Crippen LogP contribution in [-0.2, 0) is 6.42 Å². The Morgan fingerprint density at radius 1 is 0.692 bits per heavy atom. The van der Waals surface area contributed by atoms with Gasteiger partial charge in [-0.15, -0.1) is 0 Å². The van der Waals surface area contributed by atoms with Crippen LogP contribution < -0.4 is 0 Å². The van der Waals surface area contributed by atoms with Gasteiger partial charge in [0.25, 0.3) is 0 Å². The number of fused-ring (bicyclic) bond motifs is 1. The lowest BCUT2D eigenvalue weighted by molar-refractivity contribution is 1.28. The third kappa shape index (κ3) is 3.60. The second kappa shape index (κ2) is 7.41. The lowest BCUT2D eigenvalue weighted by Crippen LogP contribution is -1.93. The highest BCUT2D eigenvalue weighted by Crippen LogP contribution is 2.29. The highest BCUT2D eigenvalue weighted by molar-refractivity contribution is 5.98. The summed E-state index contributed by atoms with van der Waals surface area (Å²) in [5.41, 5.74) is 6.53. The predicted octanol–water partition coefficient (Wildman–Crippen LogP) is 6.93. The van der Waals surface area contributed by atoms with E-state index in [4.69, 9.17) is 0 Å². The molecule has 0 aliphatic rings. The molecule has 0 aliphatic heterocycles. The third-order valence-corrected chi connectivity index (χ3v) is 4.79. The van der Waals surface area contributed by atoms with Crippen molar-refractivity contribution in [3.05, 3.63) is 119 Å². The van der Waals surface area contributed by atoms with Crippen molar-refractivity contribution in [2.75, 3.05) is 0 Å². The molecule has 0 N–H and O–H groups in total. The maximum Gasteiger partial charge on any atom is -0.00194 e. The minimum Gasteiger partial charge on any atom is -0.0622 e. The zero-order valence-corrected chi connectivity index (χ0v) is 15.0. The molecule has 0 aliphatic carbocycles. The highest BCUT2D eigenvalue weighted by Gasteiger charge is 2.08. The zero-order valence-electron chi connectivity index (χ0n) is 15.0. The van der Waals surface area contributed by atoms with Crippen LogP contribution in [0, 0.1) is 6.92 Å². The van der Waals surface area contributed by atoms with E-state index in [0.717, 1.165) is 6.42 Å². The van der Waals surface area contributed by atoms with Crippen molar-refractivity contribution >= 4 is 22.4 Å². The summed E-state index contributed by atoms with van der Waals surface area (Å²) >= 11 is 0. The maximum absolute atomic E-state index is 2.32. The van der Waals surface area contributed by atoms with Gasteiger partial charge >= 0.3 is 0 Å². The summed E-state index contributed by atoms with van der Waals surface area (Å²) in [5, 5.41) is 2.59. The fourth-order valence-electron chi connectivity index (χ4n) is 3.41. The summed E-state index contributed by atoms with van der Waals surface area (Å²) in [6.07, 6.45) is 3.24. The third-order valence-electron chi connectivity index (χ3n) is 4.79. The van der Waals surface area contributed by atoms with Crippen molar-refractivity contribution in [3.8, 4) is 0 Å². The minimum atomic E-state index is 0.920. The van der Waals surface area contributed by atoms with Crippen molar-refractivity contribution < 1.29 is 0 Å². The normalized spacial score (nSPS) is 11.7. The van der Waals surface area contributed by atoms with E-state index in [9.17, 15) is 0 Å². The van der Waals surface area contributed by atoms with Gasteiger partial charge in [0, 0.05) is 0 Å². The molecule has 0 radical (unpaired) electrons. The summed E-state index contributed by atoms with van der Waals surface area (Å²) in [5.74, 6) is 0. The van der Waals surface area contributed by atoms with Crippen LogP contribution in [0.4, 0.5) is 0 Å². The minimum absolute atomic E-state index is 0.920. The molecule has 0 amide bonds. The summed E-state index contributed by atoms with van der Waals surface area (Å²) in [6, 6.07) is 34.7. The second-order valence-electron chi connectivity index (χ2n) is 6.77. The number of hydrogen-bond donors (Lipinski definition) is 0. The largest absolute Gasteiger partial charge is 0.0622 e. The Labute approximate surface area is 155 Å². The molecule has 4 rings (SSSR count). The molecule has 4 aromatic rings. The monoisotopic (exact) mass is 334 g/mol. The number of rotatable bonds is 4. The van der Waals surface area contributed by atoms with Crippen LogP contribution in [0.25, 0.3) is 22.4 Å². The van der Waals surface area contributed by atoms with E-state index >= 15 is 0 Å². The molecule has 0 heterocycles. The summed E-state index contributed by atoms with van der Waals surface area (Å²) in [6.45, 7) is 2.13. The van der Waals surface area contributed by atoms with Crippen molar-refractivity contribution in [1.82, 2.24) is 0 Å². The molecule has 0 nitrogen and oxygen atoms in total. The van der Waals surface area contributed by atoms with E-state index in [1.165, 1.54) is 38.6 Å². The second-order valence-corrected chi connectivity index (χ2v) is 6.77. The first kappa shape index (κ1) is 16.4. The Kier molecular flexibility index (Phi) is 4.66. The topological polar surface area (TPSA) is 0 Å². The standard InChI is InChI=1S/C26H22/c1-20-14-16-22(17-15-20)19-24(18-21-8-3-2-4-9-21)26-13-7-11-23-10-5-6-12-25(23)26/h2-18H,19H2,1H3/b24-18-. The molecular weight excluding hydrogens is 312 g/mol. The van der Waals surface area contributed by atoms with Crippen LogP contribution in [0.3, 0.4) is 0 Å². The maximum atomic E-state index is 2.32. The smallest absolute Gasteiger partial charge is 0.00194 e. The molecule has 0 atom stereocenters. The van der Waals surface area contributed by atoms with Gasteiger partial charge in [0.15, 0.2) is 0 Å². The average molecular weight is 334 g/mol. The molecule has 0 aromatic heterocycles. The van der Waals surface area contributed by atoms with Gasteiger partial charge in [0.1, 0.15) is 0 Å². The van der Waals surface area contributed by atoms with Gasteiger partial charge in [-0.2, -0.15) is 0 Å². The quantitative estimate of drug-likeness (QED) is 0.355. The predicted molar refractivity (Wildman–Crippen MR) is 113 cm³/mol. The van der Waals surface area contributed by atoms with Gasteiger partial charge in [-0.3, -0.25) is 0 Å². The van der Waals surface area contributed by atoms with Crippen LogP contribution in [0.1, 0.15) is 22.3 Å². The van der Waals surface area contributed by atoms with Gasteiger partial charge in [0.05, 0.1) is 0 Å². The lowest BCUT2D eigenvalue weighted by atomic mass is 9.92. The first-order valence-corrected chi connectivity index (χ1v) is 9.09. The van der Waals surface area contributed by atoms with E-state index in [0.29, 0.717) is 0 Å². The first-order valence-electron chi connectivity index (χ1n) is 9.09. The van der Waals surface area contributed by atoms with Crippen molar-refractivity contribution in [2.45, 2.75) is 13.3 Å². The van der Waals surface area contributed by atoms with Crippen molar-refractivity contribution in [2.24, 2.45) is 0 Å². The summed E-state index contributed by atoms with van der Waals surface area (Å²) < 4.78 is 0. The van der Waals surface area contributed by atoms with E-state index in [2.05, 4.69) is 110 Å². The Morgan fingerprint density at radius 2 is 1.38 bits per heavy atom. The fourth-order valence-corrected chi connectivity index (χ4v) is 3.41. The fraction of sp³-hybridized carbons (Fsp3) is 0.0769. The highest BCUT2D eigenvalue weighted by atomic mass is 14.1. The number of benzene rings is 4. The molecular formula is C26H22. The van der Waals surface area contributed by atoms with Crippen LogP contribution >= 0.6 is 0 Å². The Morgan fingerprint density at radius 3 is 2.19 bits per heavy atom. The lowest BCUT2D eigenvalue weighted by Gasteiger charge is -2.12. The van der Waals surface area contributed by atoms with Gasteiger partial charge in [-0.05, 0) is 46.4 Å². The van der Waals surface area contributed by atoms with E-state index in [-0.39, 0.29) is 0 Å². The van der Waals surface area contributed by atoms with Crippen LogP contribution in [0.15, 0.2) is 97.1 Å². The molecule has 0 saturated carbocycles. The van der Waals surface area contributed by atoms with Crippen molar-refractivity contribution in [1.29, 1.82) is 0 Å². The van der Waals surface area contributed by atoms with Gasteiger partial charge in [-0.1, -0.05) is 109 Å². The number of aryl methyl sites for hydroxylation is 1. The molecule has 4 aromatic carbocycles. The average Bonchev–Trinajstić information content (AvgIpc) is 2.69. The van der Waals surface area contributed by atoms with Gasteiger partial charge in [-0.25, -0.2) is 0 Å². The van der Waals surface area contributed by atoms with E-state index < -0.39 is 0 Å². The zero-order chi connectivity index (χ0) is 17.8. The molecule has 0 spiro atoms. The number of hydrogen-bond acceptors (Lipinski definition) is 0. The molecule has 0 unspecified atom stereocenters. The van der Waals surface area contributed by atoms with Gasteiger partial charge < -0.3 is 0 Å². The Balaban J connectivity index is 1.84. The van der Waals surface area contributed by atoms with Gasteiger partial charge in [0.2, 0.25) is 0 Å². The number of allylic oxidation sites excluding steroid dienone is 1. The summed E-state index contributed by atoms with van der Waals surface area (Å²) in [7, 11) is 0. The Bertz CT molecular complexity index is 1030. The SMILES string of the molecule is Cc1ccc(C/C(=C/c2ccccc2)c2cccc3ccccc23)cc1. The molecule has 0 fully saturated rings. The van der Waals surface area contributed by atoms with E-state index in [1.807, 2.05) is 0 Å². The molecule has 0 saturated heterocycles. The van der Waals surface area contributed by atoms with Crippen LogP contribution in [-0.4, -0.2) is 0 Å². The molecule has 26 heavy (non-hydrogen) atoms. The Hall–Kier alpha value is -3.12.